The van der Waals surface area contributed by atoms with Gasteiger partial charge in [0, 0.05) is 11.4 Å². The third-order valence-corrected chi connectivity index (χ3v) is 4.01. The Balaban J connectivity index is 1.86. The van der Waals surface area contributed by atoms with E-state index in [2.05, 4.69) is 20.5 Å². The molecule has 1 aromatic heterocycles. The van der Waals surface area contributed by atoms with Gasteiger partial charge in [0.15, 0.2) is 5.16 Å². The third kappa shape index (κ3) is 5.34. The molecule has 1 amide bonds. The number of carbonyl (C=O) groups excluding carboxylic acids is 1. The molecular formula is C17H20N4O2S. The average Bonchev–Trinajstić information content (AvgIpc) is 2.53. The number of aromatic nitrogens is 2. The molecule has 0 spiro atoms. The summed E-state index contributed by atoms with van der Waals surface area (Å²) in [5.74, 6) is 0.797. The fourth-order valence-corrected chi connectivity index (χ4v) is 2.76. The van der Waals surface area contributed by atoms with Gasteiger partial charge in [-0.1, -0.05) is 11.8 Å². The highest BCUT2D eigenvalue weighted by molar-refractivity contribution is 7.99. The molecule has 0 aliphatic rings. The van der Waals surface area contributed by atoms with Gasteiger partial charge in [-0.3, -0.25) is 4.79 Å². The summed E-state index contributed by atoms with van der Waals surface area (Å²) in [6, 6.07) is 7.55. The van der Waals surface area contributed by atoms with Gasteiger partial charge in [-0.25, -0.2) is 15.4 Å². The maximum absolute atomic E-state index is 11.8. The molecule has 24 heavy (non-hydrogen) atoms. The van der Waals surface area contributed by atoms with Crippen molar-refractivity contribution in [2.45, 2.75) is 25.9 Å². The molecule has 0 aliphatic carbocycles. The number of benzene rings is 1. The minimum atomic E-state index is -0.204. The number of thioether (sulfide) groups is 1. The van der Waals surface area contributed by atoms with Crippen molar-refractivity contribution in [3.05, 3.63) is 46.8 Å². The molecule has 1 N–H and O–H groups in total. The van der Waals surface area contributed by atoms with Crippen LogP contribution in [0.25, 0.3) is 0 Å². The Morgan fingerprint density at radius 2 is 1.96 bits per heavy atom. The normalized spacial score (nSPS) is 10.8. The summed E-state index contributed by atoms with van der Waals surface area (Å²) in [4.78, 5) is 20.4. The second-order valence-electron chi connectivity index (χ2n) is 5.24. The first-order valence-corrected chi connectivity index (χ1v) is 8.38. The van der Waals surface area contributed by atoms with Crippen LogP contribution in [-0.2, 0) is 4.79 Å². The predicted molar refractivity (Wildman–Crippen MR) is 95.7 cm³/mol. The minimum absolute atomic E-state index is 0.204. The van der Waals surface area contributed by atoms with E-state index in [0.29, 0.717) is 5.16 Å². The first-order valence-electron chi connectivity index (χ1n) is 7.39. The highest BCUT2D eigenvalue weighted by Crippen LogP contribution is 2.15. The quantitative estimate of drug-likeness (QED) is 0.377. The Hall–Kier alpha value is -2.41. The highest BCUT2D eigenvalue weighted by Gasteiger charge is 2.05. The number of amides is 1. The first-order chi connectivity index (χ1) is 11.5. The number of hydrogen-bond donors (Lipinski definition) is 1. The van der Waals surface area contributed by atoms with Gasteiger partial charge in [0.25, 0.3) is 5.91 Å². The third-order valence-electron chi connectivity index (χ3n) is 3.16. The Bertz CT molecular complexity index is 742. The molecule has 0 radical (unpaired) electrons. The van der Waals surface area contributed by atoms with E-state index in [0.717, 1.165) is 28.3 Å². The summed E-state index contributed by atoms with van der Waals surface area (Å²) in [7, 11) is 1.62. The zero-order chi connectivity index (χ0) is 17.5. The molecule has 1 heterocycles. The topological polar surface area (TPSA) is 76.5 Å². The molecule has 7 heteroatoms. The Kier molecular flexibility index (Phi) is 6.31. The Labute approximate surface area is 145 Å². The van der Waals surface area contributed by atoms with Crippen LogP contribution in [0.4, 0.5) is 0 Å². The lowest BCUT2D eigenvalue weighted by molar-refractivity contribution is -0.118. The predicted octanol–water partition coefficient (Wildman–Crippen LogP) is 2.65. The molecule has 2 rings (SSSR count). The maximum atomic E-state index is 11.8. The second kappa shape index (κ2) is 8.44. The molecule has 126 valence electrons. The number of methoxy groups -OCH3 is 1. The van der Waals surface area contributed by atoms with Crippen molar-refractivity contribution < 1.29 is 9.53 Å². The molecule has 0 saturated heterocycles. The summed E-state index contributed by atoms with van der Waals surface area (Å²) in [5, 5.41) is 4.58. The van der Waals surface area contributed by atoms with E-state index in [1.807, 2.05) is 45.0 Å². The van der Waals surface area contributed by atoms with E-state index in [-0.39, 0.29) is 11.7 Å². The standard InChI is InChI=1S/C17H20N4O2S/c1-11-7-15(23-4)6-5-14(11)9-18-21-16(22)10-24-17-19-12(2)8-13(3)20-17/h5-9H,10H2,1-4H3,(H,21,22)/b18-9-. The fourth-order valence-electron chi connectivity index (χ4n) is 2.01. The Morgan fingerprint density at radius 1 is 1.25 bits per heavy atom. The molecule has 2 aromatic rings. The lowest BCUT2D eigenvalue weighted by Crippen LogP contribution is -2.20. The molecule has 0 aliphatic heterocycles. The number of rotatable bonds is 6. The molecular weight excluding hydrogens is 324 g/mol. The molecule has 0 bridgehead atoms. The lowest BCUT2D eigenvalue weighted by atomic mass is 10.1. The summed E-state index contributed by atoms with van der Waals surface area (Å²) in [5.41, 5.74) is 6.22. The van der Waals surface area contributed by atoms with Crippen molar-refractivity contribution in [1.82, 2.24) is 15.4 Å². The number of nitrogens with one attached hydrogen (secondary N) is 1. The van der Waals surface area contributed by atoms with E-state index in [4.69, 9.17) is 4.74 Å². The van der Waals surface area contributed by atoms with E-state index in [1.54, 1.807) is 13.3 Å². The number of hydrogen-bond acceptors (Lipinski definition) is 6. The SMILES string of the molecule is COc1ccc(/C=N\NC(=O)CSc2nc(C)cc(C)n2)c(C)c1. The summed E-state index contributed by atoms with van der Waals surface area (Å²) < 4.78 is 5.15. The Morgan fingerprint density at radius 3 is 2.58 bits per heavy atom. The second-order valence-corrected chi connectivity index (χ2v) is 6.18. The van der Waals surface area contributed by atoms with Crippen molar-refractivity contribution in [3.63, 3.8) is 0 Å². The van der Waals surface area contributed by atoms with E-state index in [9.17, 15) is 4.79 Å². The van der Waals surface area contributed by atoms with Gasteiger partial charge < -0.3 is 4.74 Å². The molecule has 6 nitrogen and oxygen atoms in total. The molecule has 0 saturated carbocycles. The average molecular weight is 344 g/mol. The first kappa shape index (κ1) is 17.9. The summed E-state index contributed by atoms with van der Waals surface area (Å²) >= 11 is 1.29. The van der Waals surface area contributed by atoms with Crippen molar-refractivity contribution in [2.75, 3.05) is 12.9 Å². The van der Waals surface area contributed by atoms with Gasteiger partial charge in [0.1, 0.15) is 5.75 Å². The number of carbonyl (C=O) groups is 1. The largest absolute Gasteiger partial charge is 0.497 e. The van der Waals surface area contributed by atoms with Gasteiger partial charge >= 0.3 is 0 Å². The number of hydrazone groups is 1. The van der Waals surface area contributed by atoms with Crippen LogP contribution in [0.15, 0.2) is 34.5 Å². The smallest absolute Gasteiger partial charge is 0.250 e. The zero-order valence-electron chi connectivity index (χ0n) is 14.2. The van der Waals surface area contributed by atoms with Crippen LogP contribution in [0.5, 0.6) is 5.75 Å². The number of ether oxygens (including phenoxy) is 1. The van der Waals surface area contributed by atoms with Gasteiger partial charge in [0.05, 0.1) is 19.1 Å². The number of aryl methyl sites for hydroxylation is 3. The molecule has 0 fully saturated rings. The van der Waals surface area contributed by atoms with Crippen molar-refractivity contribution in [2.24, 2.45) is 5.10 Å². The lowest BCUT2D eigenvalue weighted by Gasteiger charge is -2.04. The minimum Gasteiger partial charge on any atom is -0.497 e. The van der Waals surface area contributed by atoms with Crippen molar-refractivity contribution >= 4 is 23.9 Å². The van der Waals surface area contributed by atoms with Crippen LogP contribution in [0.1, 0.15) is 22.5 Å². The number of nitrogens with zero attached hydrogens (tertiary/aromatic N) is 3. The van der Waals surface area contributed by atoms with Gasteiger partial charge in [-0.2, -0.15) is 5.10 Å². The van der Waals surface area contributed by atoms with Gasteiger partial charge in [-0.05, 0) is 56.2 Å². The van der Waals surface area contributed by atoms with Crippen molar-refractivity contribution in [1.29, 1.82) is 0 Å². The van der Waals surface area contributed by atoms with Crippen LogP contribution in [0, 0.1) is 20.8 Å². The zero-order valence-corrected chi connectivity index (χ0v) is 15.0. The van der Waals surface area contributed by atoms with Crippen LogP contribution in [-0.4, -0.2) is 35.0 Å². The van der Waals surface area contributed by atoms with E-state index < -0.39 is 0 Å². The monoisotopic (exact) mass is 344 g/mol. The maximum Gasteiger partial charge on any atom is 0.250 e. The van der Waals surface area contributed by atoms with Gasteiger partial charge in [0.2, 0.25) is 0 Å². The van der Waals surface area contributed by atoms with Crippen molar-refractivity contribution in [3.8, 4) is 5.75 Å². The summed E-state index contributed by atoms with van der Waals surface area (Å²) in [6.45, 7) is 5.76. The molecule has 0 unspecified atom stereocenters. The van der Waals surface area contributed by atoms with Crippen LogP contribution < -0.4 is 10.2 Å². The summed E-state index contributed by atoms with van der Waals surface area (Å²) in [6.07, 6.45) is 1.62. The van der Waals surface area contributed by atoms with Gasteiger partial charge in [-0.15, -0.1) is 0 Å². The van der Waals surface area contributed by atoms with Crippen LogP contribution in [0.3, 0.4) is 0 Å². The van der Waals surface area contributed by atoms with Crippen LogP contribution >= 0.6 is 11.8 Å². The highest BCUT2D eigenvalue weighted by atomic mass is 32.2. The molecule has 1 aromatic carbocycles. The van der Waals surface area contributed by atoms with E-state index in [1.165, 1.54) is 11.8 Å². The van der Waals surface area contributed by atoms with E-state index >= 15 is 0 Å². The van der Waals surface area contributed by atoms with Crippen LogP contribution in [0.2, 0.25) is 0 Å². The fraction of sp³-hybridized carbons (Fsp3) is 0.294. The molecule has 0 atom stereocenters.